The van der Waals surface area contributed by atoms with Crippen LogP contribution in [-0.2, 0) is 6.42 Å². The van der Waals surface area contributed by atoms with E-state index in [1.54, 1.807) is 0 Å². The fourth-order valence-electron chi connectivity index (χ4n) is 3.53. The van der Waals surface area contributed by atoms with Gasteiger partial charge in [-0.1, -0.05) is 60.7 Å². The van der Waals surface area contributed by atoms with Crippen molar-refractivity contribution in [3.63, 3.8) is 0 Å². The minimum Gasteiger partial charge on any atom is -0.368 e. The van der Waals surface area contributed by atoms with Crippen molar-refractivity contribution in [2.75, 3.05) is 31.1 Å². The Morgan fingerprint density at radius 1 is 0.760 bits per heavy atom. The van der Waals surface area contributed by atoms with Crippen LogP contribution in [-0.4, -0.2) is 36.9 Å². The summed E-state index contributed by atoms with van der Waals surface area (Å²) in [5.41, 5.74) is 2.50. The Bertz CT molecular complexity index is 865. The summed E-state index contributed by atoms with van der Waals surface area (Å²) >= 11 is 0. The number of rotatable bonds is 3. The van der Waals surface area contributed by atoms with E-state index in [0.29, 0.717) is 6.42 Å². The molecule has 3 nitrogen and oxygen atoms in total. The van der Waals surface area contributed by atoms with Gasteiger partial charge in [-0.2, -0.15) is 0 Å². The van der Waals surface area contributed by atoms with E-state index in [2.05, 4.69) is 82.6 Å². The molecule has 1 fully saturated rings. The summed E-state index contributed by atoms with van der Waals surface area (Å²) in [7, 11) is 0. The first kappa shape index (κ1) is 15.7. The molecule has 3 aromatic carbocycles. The van der Waals surface area contributed by atoms with Crippen LogP contribution in [0.15, 0.2) is 72.8 Å². The minimum atomic E-state index is 0.705. The van der Waals surface area contributed by atoms with Gasteiger partial charge in [0.1, 0.15) is 5.84 Å². The van der Waals surface area contributed by atoms with Crippen molar-refractivity contribution in [1.82, 2.24) is 4.90 Å². The first-order valence-electron chi connectivity index (χ1n) is 8.90. The third-order valence-corrected chi connectivity index (χ3v) is 4.97. The fourth-order valence-corrected chi connectivity index (χ4v) is 3.53. The van der Waals surface area contributed by atoms with Gasteiger partial charge in [0.2, 0.25) is 0 Å². The van der Waals surface area contributed by atoms with Crippen molar-refractivity contribution in [2.24, 2.45) is 0 Å². The summed E-state index contributed by atoms with van der Waals surface area (Å²) in [6.45, 7) is 3.79. The second-order valence-corrected chi connectivity index (χ2v) is 6.61. The van der Waals surface area contributed by atoms with Crippen LogP contribution in [0.4, 0.5) is 5.69 Å². The Kier molecular flexibility index (Phi) is 4.38. The van der Waals surface area contributed by atoms with Gasteiger partial charge in [-0.05, 0) is 28.5 Å². The van der Waals surface area contributed by atoms with Gasteiger partial charge in [-0.25, -0.2) is 0 Å². The highest BCUT2D eigenvalue weighted by molar-refractivity contribution is 5.86. The monoisotopic (exact) mass is 329 g/mol. The fraction of sp³-hybridized carbons (Fsp3) is 0.227. The number of piperazine rings is 1. The Morgan fingerprint density at radius 3 is 2.20 bits per heavy atom. The summed E-state index contributed by atoms with van der Waals surface area (Å²) < 4.78 is 0. The second kappa shape index (κ2) is 6.98. The van der Waals surface area contributed by atoms with Crippen LogP contribution >= 0.6 is 0 Å². The SMILES string of the molecule is N=C(Cc1ccc2ccccc2c1)N1CCN(c2ccccc2)CC1. The van der Waals surface area contributed by atoms with Crippen molar-refractivity contribution >= 4 is 22.3 Å². The van der Waals surface area contributed by atoms with Gasteiger partial charge >= 0.3 is 0 Å². The molecule has 0 amide bonds. The maximum Gasteiger partial charge on any atom is 0.100 e. The highest BCUT2D eigenvalue weighted by Gasteiger charge is 2.19. The summed E-state index contributed by atoms with van der Waals surface area (Å²) in [6.07, 6.45) is 0.705. The van der Waals surface area contributed by atoms with Gasteiger partial charge < -0.3 is 9.80 Å². The molecule has 4 rings (SSSR count). The summed E-state index contributed by atoms with van der Waals surface area (Å²) in [6, 6.07) is 25.5. The molecule has 3 aromatic rings. The van der Waals surface area contributed by atoms with E-state index in [0.717, 1.165) is 32.0 Å². The highest BCUT2D eigenvalue weighted by atomic mass is 15.3. The molecule has 126 valence electrons. The summed E-state index contributed by atoms with van der Waals surface area (Å²) in [4.78, 5) is 4.62. The number of nitrogens with one attached hydrogen (secondary N) is 1. The molecule has 1 N–H and O–H groups in total. The lowest BCUT2D eigenvalue weighted by Gasteiger charge is -2.37. The van der Waals surface area contributed by atoms with Gasteiger partial charge in [0, 0.05) is 38.3 Å². The number of hydrogen-bond donors (Lipinski definition) is 1. The van der Waals surface area contributed by atoms with Crippen molar-refractivity contribution in [3.05, 3.63) is 78.4 Å². The van der Waals surface area contributed by atoms with E-state index in [4.69, 9.17) is 5.41 Å². The van der Waals surface area contributed by atoms with Crippen molar-refractivity contribution in [1.29, 1.82) is 5.41 Å². The van der Waals surface area contributed by atoms with Gasteiger partial charge in [-0.3, -0.25) is 5.41 Å². The predicted molar refractivity (Wildman–Crippen MR) is 106 cm³/mol. The van der Waals surface area contributed by atoms with Gasteiger partial charge in [0.15, 0.2) is 0 Å². The number of amidine groups is 1. The summed E-state index contributed by atoms with van der Waals surface area (Å²) in [5.74, 6) is 0.725. The molecule has 25 heavy (non-hydrogen) atoms. The van der Waals surface area contributed by atoms with Crippen LogP contribution in [0.1, 0.15) is 5.56 Å². The molecule has 0 unspecified atom stereocenters. The molecule has 0 aromatic heterocycles. The van der Waals surface area contributed by atoms with Gasteiger partial charge in [0.05, 0.1) is 0 Å². The average Bonchev–Trinajstić information content (AvgIpc) is 2.69. The van der Waals surface area contributed by atoms with E-state index in [1.165, 1.54) is 22.0 Å². The van der Waals surface area contributed by atoms with E-state index < -0.39 is 0 Å². The van der Waals surface area contributed by atoms with Crippen LogP contribution in [0.3, 0.4) is 0 Å². The molecule has 0 atom stereocenters. The van der Waals surface area contributed by atoms with Crippen LogP contribution in [0.5, 0.6) is 0 Å². The second-order valence-electron chi connectivity index (χ2n) is 6.61. The Balaban J connectivity index is 1.38. The number of anilines is 1. The average molecular weight is 329 g/mol. The number of benzene rings is 3. The molecule has 1 aliphatic rings. The lowest BCUT2D eigenvalue weighted by atomic mass is 10.0. The molecular weight excluding hydrogens is 306 g/mol. The number of para-hydroxylation sites is 1. The third kappa shape index (κ3) is 3.50. The topological polar surface area (TPSA) is 30.3 Å². The molecule has 0 aliphatic carbocycles. The highest BCUT2D eigenvalue weighted by Crippen LogP contribution is 2.18. The van der Waals surface area contributed by atoms with Crippen molar-refractivity contribution in [2.45, 2.75) is 6.42 Å². The quantitative estimate of drug-likeness (QED) is 0.577. The van der Waals surface area contributed by atoms with Crippen molar-refractivity contribution in [3.8, 4) is 0 Å². The molecule has 0 spiro atoms. The molecule has 3 heteroatoms. The third-order valence-electron chi connectivity index (χ3n) is 4.97. The van der Waals surface area contributed by atoms with E-state index >= 15 is 0 Å². The number of fused-ring (bicyclic) bond motifs is 1. The van der Waals surface area contributed by atoms with Crippen LogP contribution in [0.25, 0.3) is 10.8 Å². The minimum absolute atomic E-state index is 0.705. The molecule has 0 bridgehead atoms. The molecule has 1 saturated heterocycles. The normalized spacial score (nSPS) is 14.7. The molecule has 0 radical (unpaired) electrons. The maximum atomic E-state index is 8.51. The maximum absolute atomic E-state index is 8.51. The largest absolute Gasteiger partial charge is 0.368 e. The standard InChI is InChI=1S/C22H23N3/c23-22(17-18-10-11-19-6-4-5-7-20(19)16-18)25-14-12-24(13-15-25)21-8-2-1-3-9-21/h1-11,16,23H,12-15,17H2. The smallest absolute Gasteiger partial charge is 0.100 e. The zero-order chi connectivity index (χ0) is 17.1. The first-order chi connectivity index (χ1) is 12.3. The molecule has 0 saturated carbocycles. The van der Waals surface area contributed by atoms with Gasteiger partial charge in [0.25, 0.3) is 0 Å². The zero-order valence-corrected chi connectivity index (χ0v) is 14.4. The lowest BCUT2D eigenvalue weighted by Crippen LogP contribution is -2.49. The van der Waals surface area contributed by atoms with Crippen molar-refractivity contribution < 1.29 is 0 Å². The Hall–Kier alpha value is -2.81. The zero-order valence-electron chi connectivity index (χ0n) is 14.4. The molecular formula is C22H23N3. The predicted octanol–water partition coefficient (Wildman–Crippen LogP) is 4.18. The summed E-state index contributed by atoms with van der Waals surface area (Å²) in [5, 5.41) is 11.0. The number of hydrogen-bond acceptors (Lipinski definition) is 2. The Labute approximate surface area is 149 Å². The van der Waals surface area contributed by atoms with Gasteiger partial charge in [-0.15, -0.1) is 0 Å². The first-order valence-corrected chi connectivity index (χ1v) is 8.90. The molecule has 1 heterocycles. The lowest BCUT2D eigenvalue weighted by molar-refractivity contribution is 0.378. The van der Waals surface area contributed by atoms with E-state index in [1.807, 2.05) is 0 Å². The van der Waals surface area contributed by atoms with Crippen LogP contribution in [0, 0.1) is 5.41 Å². The van der Waals surface area contributed by atoms with E-state index in [9.17, 15) is 0 Å². The van der Waals surface area contributed by atoms with Crippen LogP contribution < -0.4 is 4.90 Å². The van der Waals surface area contributed by atoms with E-state index in [-0.39, 0.29) is 0 Å². The molecule has 1 aliphatic heterocycles. The van der Waals surface area contributed by atoms with Crippen LogP contribution in [0.2, 0.25) is 0 Å². The Morgan fingerprint density at radius 2 is 1.44 bits per heavy atom. The number of nitrogens with zero attached hydrogens (tertiary/aromatic N) is 2.